The highest BCUT2D eigenvalue weighted by Gasteiger charge is 2.20. The van der Waals surface area contributed by atoms with Gasteiger partial charge in [-0.25, -0.2) is 0 Å². The first kappa shape index (κ1) is 16.3. The number of likely N-dealkylation sites (N-methyl/N-ethyl adjacent to an activating group) is 1. The molecule has 22 heavy (non-hydrogen) atoms. The Bertz CT molecular complexity index is 607. The van der Waals surface area contributed by atoms with Crippen LogP contribution < -0.4 is 5.32 Å². The van der Waals surface area contributed by atoms with Gasteiger partial charge in [0.15, 0.2) is 0 Å². The Morgan fingerprint density at radius 3 is 2.45 bits per heavy atom. The SMILES string of the molecule is Cc1ccc(CN(C)[C@H](C)C(=O)N[C@@H](C)c2ccccc2)o1. The maximum absolute atomic E-state index is 12.4. The Morgan fingerprint density at radius 2 is 1.86 bits per heavy atom. The maximum atomic E-state index is 12.4. The molecular formula is C18H24N2O2. The molecule has 0 unspecified atom stereocenters. The topological polar surface area (TPSA) is 45.5 Å². The summed E-state index contributed by atoms with van der Waals surface area (Å²) in [4.78, 5) is 14.4. The molecule has 1 aromatic heterocycles. The van der Waals surface area contributed by atoms with Crippen molar-refractivity contribution in [3.05, 3.63) is 59.5 Å². The highest BCUT2D eigenvalue weighted by Crippen LogP contribution is 2.13. The summed E-state index contributed by atoms with van der Waals surface area (Å²) >= 11 is 0. The third-order valence-electron chi connectivity index (χ3n) is 3.90. The number of hydrogen-bond donors (Lipinski definition) is 1. The largest absolute Gasteiger partial charge is 0.465 e. The number of rotatable bonds is 6. The van der Waals surface area contributed by atoms with Crippen molar-refractivity contribution in [3.8, 4) is 0 Å². The first-order chi connectivity index (χ1) is 10.5. The molecule has 2 atom stereocenters. The van der Waals surface area contributed by atoms with Crippen molar-refractivity contribution in [2.75, 3.05) is 7.05 Å². The minimum atomic E-state index is -0.225. The van der Waals surface area contributed by atoms with Gasteiger partial charge >= 0.3 is 0 Å². The van der Waals surface area contributed by atoms with E-state index < -0.39 is 0 Å². The van der Waals surface area contributed by atoms with Crippen LogP contribution in [0.4, 0.5) is 0 Å². The molecule has 0 aliphatic rings. The summed E-state index contributed by atoms with van der Waals surface area (Å²) in [6.07, 6.45) is 0. The highest BCUT2D eigenvalue weighted by molar-refractivity contribution is 5.81. The van der Waals surface area contributed by atoms with Gasteiger partial charge in [0.05, 0.1) is 18.6 Å². The normalized spacial score (nSPS) is 13.9. The lowest BCUT2D eigenvalue weighted by molar-refractivity contribution is -0.126. The fourth-order valence-electron chi connectivity index (χ4n) is 2.31. The molecular weight excluding hydrogens is 276 g/mol. The van der Waals surface area contributed by atoms with Gasteiger partial charge in [0.2, 0.25) is 5.91 Å². The van der Waals surface area contributed by atoms with Crippen LogP contribution in [0.3, 0.4) is 0 Å². The van der Waals surface area contributed by atoms with Crippen LogP contribution in [0.5, 0.6) is 0 Å². The Balaban J connectivity index is 1.91. The number of amides is 1. The van der Waals surface area contributed by atoms with Crippen molar-refractivity contribution in [2.45, 2.75) is 39.4 Å². The number of hydrogen-bond acceptors (Lipinski definition) is 3. The Kier molecular flexibility index (Phi) is 5.39. The Morgan fingerprint density at radius 1 is 1.18 bits per heavy atom. The summed E-state index contributed by atoms with van der Waals surface area (Å²) in [5.74, 6) is 1.77. The molecule has 0 saturated heterocycles. The smallest absolute Gasteiger partial charge is 0.237 e. The average Bonchev–Trinajstić information content (AvgIpc) is 2.92. The highest BCUT2D eigenvalue weighted by atomic mass is 16.3. The van der Waals surface area contributed by atoms with E-state index in [0.717, 1.165) is 17.1 Å². The maximum Gasteiger partial charge on any atom is 0.237 e. The zero-order chi connectivity index (χ0) is 16.1. The van der Waals surface area contributed by atoms with Crippen LogP contribution in [0.1, 0.15) is 37.0 Å². The molecule has 0 saturated carbocycles. The van der Waals surface area contributed by atoms with E-state index in [4.69, 9.17) is 4.42 Å². The number of carbonyl (C=O) groups is 1. The van der Waals surface area contributed by atoms with Crippen molar-refractivity contribution in [3.63, 3.8) is 0 Å². The van der Waals surface area contributed by atoms with Gasteiger partial charge in [-0.15, -0.1) is 0 Å². The van der Waals surface area contributed by atoms with E-state index in [9.17, 15) is 4.79 Å². The van der Waals surface area contributed by atoms with E-state index >= 15 is 0 Å². The first-order valence-corrected chi connectivity index (χ1v) is 7.58. The molecule has 4 nitrogen and oxygen atoms in total. The molecule has 4 heteroatoms. The van der Waals surface area contributed by atoms with Gasteiger partial charge in [-0.2, -0.15) is 0 Å². The Hall–Kier alpha value is -2.07. The molecule has 0 aliphatic heterocycles. The lowest BCUT2D eigenvalue weighted by atomic mass is 10.1. The van der Waals surface area contributed by atoms with Gasteiger partial charge < -0.3 is 9.73 Å². The summed E-state index contributed by atoms with van der Waals surface area (Å²) in [7, 11) is 1.93. The number of aryl methyl sites for hydroxylation is 1. The minimum absolute atomic E-state index is 0.00425. The second-order valence-electron chi connectivity index (χ2n) is 5.74. The predicted octanol–water partition coefficient (Wildman–Crippen LogP) is 3.29. The third-order valence-corrected chi connectivity index (χ3v) is 3.90. The van der Waals surface area contributed by atoms with Crippen molar-refractivity contribution in [1.29, 1.82) is 0 Å². The van der Waals surface area contributed by atoms with Gasteiger partial charge in [-0.1, -0.05) is 30.3 Å². The first-order valence-electron chi connectivity index (χ1n) is 7.58. The van der Waals surface area contributed by atoms with E-state index in [-0.39, 0.29) is 18.0 Å². The van der Waals surface area contributed by atoms with Crippen molar-refractivity contribution >= 4 is 5.91 Å². The fraction of sp³-hybridized carbons (Fsp3) is 0.389. The molecule has 0 radical (unpaired) electrons. The second kappa shape index (κ2) is 7.27. The molecule has 2 rings (SSSR count). The fourth-order valence-corrected chi connectivity index (χ4v) is 2.31. The number of furan rings is 1. The lowest BCUT2D eigenvalue weighted by Crippen LogP contribution is -2.43. The van der Waals surface area contributed by atoms with Crippen LogP contribution in [0.15, 0.2) is 46.9 Å². The van der Waals surface area contributed by atoms with Crippen molar-refractivity contribution in [2.24, 2.45) is 0 Å². The molecule has 2 aromatic rings. The molecule has 0 spiro atoms. The van der Waals surface area contributed by atoms with Crippen LogP contribution in [-0.4, -0.2) is 23.9 Å². The summed E-state index contributed by atoms with van der Waals surface area (Å²) < 4.78 is 5.56. The van der Waals surface area contributed by atoms with Gasteiger partial charge in [-0.3, -0.25) is 9.69 Å². The summed E-state index contributed by atoms with van der Waals surface area (Å²) in [5.41, 5.74) is 1.10. The lowest BCUT2D eigenvalue weighted by Gasteiger charge is -2.25. The monoisotopic (exact) mass is 300 g/mol. The number of nitrogens with one attached hydrogen (secondary N) is 1. The molecule has 0 fully saturated rings. The number of carbonyl (C=O) groups excluding carboxylic acids is 1. The summed E-state index contributed by atoms with van der Waals surface area (Å²) in [6, 6.07) is 13.6. The zero-order valence-electron chi connectivity index (χ0n) is 13.7. The van der Waals surface area contributed by atoms with Gasteiger partial charge in [0.25, 0.3) is 0 Å². The van der Waals surface area contributed by atoms with Crippen LogP contribution >= 0.6 is 0 Å². The second-order valence-corrected chi connectivity index (χ2v) is 5.74. The van der Waals surface area contributed by atoms with E-state index in [1.54, 1.807) is 0 Å². The van der Waals surface area contributed by atoms with Crippen molar-refractivity contribution < 1.29 is 9.21 Å². The Labute approximate surface area is 132 Å². The third kappa shape index (κ3) is 4.21. The van der Waals surface area contributed by atoms with E-state index in [0.29, 0.717) is 6.54 Å². The molecule has 1 N–H and O–H groups in total. The van der Waals surface area contributed by atoms with E-state index in [1.807, 2.05) is 75.2 Å². The summed E-state index contributed by atoms with van der Waals surface area (Å²) in [6.45, 7) is 6.43. The number of benzene rings is 1. The molecule has 1 heterocycles. The van der Waals surface area contributed by atoms with E-state index in [1.165, 1.54) is 0 Å². The molecule has 118 valence electrons. The molecule has 0 aliphatic carbocycles. The quantitative estimate of drug-likeness (QED) is 0.890. The van der Waals surface area contributed by atoms with Crippen LogP contribution in [0.25, 0.3) is 0 Å². The average molecular weight is 300 g/mol. The molecule has 0 bridgehead atoms. The van der Waals surface area contributed by atoms with Crippen molar-refractivity contribution in [1.82, 2.24) is 10.2 Å². The minimum Gasteiger partial charge on any atom is -0.465 e. The zero-order valence-corrected chi connectivity index (χ0v) is 13.7. The molecule has 1 aromatic carbocycles. The molecule has 1 amide bonds. The van der Waals surface area contributed by atoms with Crippen LogP contribution in [0, 0.1) is 6.92 Å². The van der Waals surface area contributed by atoms with Gasteiger partial charge in [0, 0.05) is 0 Å². The standard InChI is InChI=1S/C18H24N2O2/c1-13-10-11-17(22-13)12-20(4)15(3)18(21)19-14(2)16-8-6-5-7-9-16/h5-11,14-15H,12H2,1-4H3,(H,19,21)/t14-,15+/m0/s1. The van der Waals surface area contributed by atoms with Crippen LogP contribution in [-0.2, 0) is 11.3 Å². The van der Waals surface area contributed by atoms with E-state index in [2.05, 4.69) is 5.32 Å². The number of nitrogens with zero attached hydrogens (tertiary/aromatic N) is 1. The van der Waals surface area contributed by atoms with Gasteiger partial charge in [0.1, 0.15) is 11.5 Å². The van der Waals surface area contributed by atoms with Crippen LogP contribution in [0.2, 0.25) is 0 Å². The summed E-state index contributed by atoms with van der Waals surface area (Å²) in [5, 5.41) is 3.06. The van der Waals surface area contributed by atoms with Gasteiger partial charge in [-0.05, 0) is 45.5 Å². The predicted molar refractivity (Wildman–Crippen MR) is 87.4 cm³/mol.